The molecule has 152 valence electrons. The number of hydrogen-bond acceptors (Lipinski definition) is 5. The van der Waals surface area contributed by atoms with Crippen molar-refractivity contribution in [1.29, 1.82) is 0 Å². The van der Waals surface area contributed by atoms with Crippen LogP contribution in [0.2, 0.25) is 10.0 Å². The maximum Gasteiger partial charge on any atom is 0.230 e. The molecule has 0 fully saturated rings. The molecule has 0 aliphatic carbocycles. The highest BCUT2D eigenvalue weighted by Crippen LogP contribution is 2.30. The van der Waals surface area contributed by atoms with Gasteiger partial charge < -0.3 is 11.2 Å². The number of benzene rings is 2. The lowest BCUT2D eigenvalue weighted by atomic mass is 10.0. The van der Waals surface area contributed by atoms with Gasteiger partial charge in [0.25, 0.3) is 0 Å². The third kappa shape index (κ3) is 5.04. The summed E-state index contributed by atoms with van der Waals surface area (Å²) < 4.78 is 1.32. The topological polar surface area (TPSA) is 85.8 Å². The van der Waals surface area contributed by atoms with Gasteiger partial charge in [-0.3, -0.25) is 4.79 Å². The van der Waals surface area contributed by atoms with E-state index in [1.165, 1.54) is 27.6 Å². The van der Waals surface area contributed by atoms with Crippen molar-refractivity contribution < 1.29 is 4.79 Å². The molecule has 0 spiro atoms. The number of carbonyl (C=O) groups excluding carboxylic acids is 1. The molecule has 1 aromatic heterocycles. The molecule has 3 rings (SSSR count). The number of thioether (sulfide) groups is 1. The summed E-state index contributed by atoms with van der Waals surface area (Å²) in [5, 5.41) is 12.5. The summed E-state index contributed by atoms with van der Waals surface area (Å²) in [5.41, 5.74) is 4.10. The maximum absolute atomic E-state index is 12.4. The fourth-order valence-corrected chi connectivity index (χ4v) is 3.92. The standard InChI is InChI=1S/C20H21Cl2N5OS/c1-11-4-5-14(8-12(11)2)13(3)24-18(28)10-29-20-26-25-19(27(20)23)16-7-6-15(21)9-17(16)22/h4-9,13H,10,23H2,1-3H3,(H,24,28). The molecule has 3 aromatic rings. The number of aryl methyl sites for hydroxylation is 2. The first kappa shape index (κ1) is 21.5. The molecule has 0 aliphatic rings. The Kier molecular flexibility index (Phi) is 6.72. The van der Waals surface area contributed by atoms with Gasteiger partial charge >= 0.3 is 0 Å². The predicted octanol–water partition coefficient (Wildman–Crippen LogP) is 4.55. The van der Waals surface area contributed by atoms with Crippen LogP contribution in [0, 0.1) is 13.8 Å². The van der Waals surface area contributed by atoms with E-state index in [2.05, 4.69) is 41.5 Å². The van der Waals surface area contributed by atoms with Crippen molar-refractivity contribution in [3.05, 3.63) is 63.1 Å². The monoisotopic (exact) mass is 449 g/mol. The second-order valence-corrected chi connectivity index (χ2v) is 8.51. The first-order chi connectivity index (χ1) is 13.8. The second-order valence-electron chi connectivity index (χ2n) is 6.72. The molecular weight excluding hydrogens is 429 g/mol. The fraction of sp³-hybridized carbons (Fsp3) is 0.250. The van der Waals surface area contributed by atoms with Crippen LogP contribution in [-0.4, -0.2) is 26.5 Å². The van der Waals surface area contributed by atoms with Gasteiger partial charge in [0.15, 0.2) is 5.82 Å². The van der Waals surface area contributed by atoms with E-state index in [4.69, 9.17) is 29.0 Å². The van der Waals surface area contributed by atoms with Gasteiger partial charge in [-0.25, -0.2) is 4.68 Å². The van der Waals surface area contributed by atoms with Crippen molar-refractivity contribution in [2.24, 2.45) is 0 Å². The Morgan fingerprint density at radius 2 is 1.93 bits per heavy atom. The SMILES string of the molecule is Cc1ccc(C(C)NC(=O)CSc2nnc(-c3ccc(Cl)cc3Cl)n2N)cc1C. The zero-order valence-electron chi connectivity index (χ0n) is 16.2. The van der Waals surface area contributed by atoms with E-state index in [1.54, 1.807) is 18.2 Å². The van der Waals surface area contributed by atoms with Gasteiger partial charge in [-0.1, -0.05) is 53.2 Å². The van der Waals surface area contributed by atoms with Gasteiger partial charge in [-0.2, -0.15) is 0 Å². The Labute approximate surface area is 183 Å². The van der Waals surface area contributed by atoms with Crippen LogP contribution in [0.4, 0.5) is 0 Å². The van der Waals surface area contributed by atoms with Crippen LogP contribution in [0.3, 0.4) is 0 Å². The molecule has 3 N–H and O–H groups in total. The lowest BCUT2D eigenvalue weighted by Gasteiger charge is -2.15. The molecule has 29 heavy (non-hydrogen) atoms. The number of nitrogens with two attached hydrogens (primary N) is 1. The summed E-state index contributed by atoms with van der Waals surface area (Å²) in [6.07, 6.45) is 0. The van der Waals surface area contributed by atoms with Crippen LogP contribution < -0.4 is 11.2 Å². The summed E-state index contributed by atoms with van der Waals surface area (Å²) >= 11 is 13.4. The normalized spacial score (nSPS) is 12.0. The van der Waals surface area contributed by atoms with Gasteiger partial charge in [0, 0.05) is 10.6 Å². The summed E-state index contributed by atoms with van der Waals surface area (Å²) in [4.78, 5) is 12.4. The van der Waals surface area contributed by atoms with Crippen molar-refractivity contribution >= 4 is 40.9 Å². The smallest absolute Gasteiger partial charge is 0.230 e. The van der Waals surface area contributed by atoms with Crippen LogP contribution in [-0.2, 0) is 4.79 Å². The number of aromatic nitrogens is 3. The highest BCUT2D eigenvalue weighted by Gasteiger charge is 2.17. The minimum absolute atomic E-state index is 0.0958. The predicted molar refractivity (Wildman–Crippen MR) is 119 cm³/mol. The van der Waals surface area contributed by atoms with Crippen molar-refractivity contribution in [3.63, 3.8) is 0 Å². The molecular formula is C20H21Cl2N5OS. The first-order valence-electron chi connectivity index (χ1n) is 8.91. The van der Waals surface area contributed by atoms with Crippen LogP contribution >= 0.6 is 35.0 Å². The van der Waals surface area contributed by atoms with E-state index in [0.29, 0.717) is 26.6 Å². The first-order valence-corrected chi connectivity index (χ1v) is 10.7. The number of halogens is 2. The summed E-state index contributed by atoms with van der Waals surface area (Å²) in [6, 6.07) is 11.1. The molecule has 1 amide bonds. The van der Waals surface area contributed by atoms with E-state index < -0.39 is 0 Å². The maximum atomic E-state index is 12.4. The number of amides is 1. The Morgan fingerprint density at radius 1 is 1.17 bits per heavy atom. The van der Waals surface area contributed by atoms with Gasteiger partial charge in [0.2, 0.25) is 11.1 Å². The molecule has 1 unspecified atom stereocenters. The molecule has 0 aliphatic heterocycles. The summed E-state index contributed by atoms with van der Waals surface area (Å²) in [6.45, 7) is 6.08. The van der Waals surface area contributed by atoms with Gasteiger partial charge in [0.1, 0.15) is 0 Å². The van der Waals surface area contributed by atoms with Crippen molar-refractivity contribution in [2.75, 3.05) is 11.6 Å². The number of rotatable bonds is 6. The second kappa shape index (κ2) is 9.07. The zero-order chi connectivity index (χ0) is 21.1. The average Bonchev–Trinajstić information content (AvgIpc) is 3.02. The Morgan fingerprint density at radius 3 is 2.62 bits per heavy atom. The lowest BCUT2D eigenvalue weighted by molar-refractivity contribution is -0.119. The minimum Gasteiger partial charge on any atom is -0.349 e. The lowest BCUT2D eigenvalue weighted by Crippen LogP contribution is -2.28. The van der Waals surface area contributed by atoms with E-state index in [-0.39, 0.29) is 17.7 Å². The molecule has 2 aromatic carbocycles. The molecule has 0 bridgehead atoms. The van der Waals surface area contributed by atoms with Gasteiger partial charge in [-0.15, -0.1) is 10.2 Å². The largest absolute Gasteiger partial charge is 0.349 e. The summed E-state index contributed by atoms with van der Waals surface area (Å²) in [5.74, 6) is 6.55. The van der Waals surface area contributed by atoms with Crippen molar-refractivity contribution in [1.82, 2.24) is 20.2 Å². The molecule has 0 saturated heterocycles. The highest BCUT2D eigenvalue weighted by molar-refractivity contribution is 7.99. The minimum atomic E-state index is -0.116. The Hall–Kier alpha value is -2.22. The van der Waals surface area contributed by atoms with E-state index in [0.717, 1.165) is 5.56 Å². The van der Waals surface area contributed by atoms with Gasteiger partial charge in [0.05, 0.1) is 16.8 Å². The quantitative estimate of drug-likeness (QED) is 0.425. The Balaban J connectivity index is 1.63. The average molecular weight is 450 g/mol. The van der Waals surface area contributed by atoms with Crippen molar-refractivity contribution in [3.8, 4) is 11.4 Å². The van der Waals surface area contributed by atoms with Crippen LogP contribution in [0.15, 0.2) is 41.6 Å². The van der Waals surface area contributed by atoms with Crippen molar-refractivity contribution in [2.45, 2.75) is 32.0 Å². The molecule has 6 nitrogen and oxygen atoms in total. The van der Waals surface area contributed by atoms with E-state index in [9.17, 15) is 4.79 Å². The number of hydrogen-bond donors (Lipinski definition) is 2. The van der Waals surface area contributed by atoms with E-state index in [1.807, 2.05) is 13.0 Å². The molecule has 0 saturated carbocycles. The van der Waals surface area contributed by atoms with Crippen LogP contribution in [0.25, 0.3) is 11.4 Å². The number of nitrogen functional groups attached to an aromatic ring is 1. The van der Waals surface area contributed by atoms with Crippen LogP contribution in [0.5, 0.6) is 0 Å². The molecule has 9 heteroatoms. The highest BCUT2D eigenvalue weighted by atomic mass is 35.5. The van der Waals surface area contributed by atoms with Gasteiger partial charge in [-0.05, 0) is 55.7 Å². The Bertz CT molecular complexity index is 1050. The number of carbonyl (C=O) groups is 1. The molecule has 1 atom stereocenters. The number of nitrogens with one attached hydrogen (secondary N) is 1. The molecule has 1 heterocycles. The molecule has 0 radical (unpaired) electrons. The number of nitrogens with zero attached hydrogens (tertiary/aromatic N) is 3. The summed E-state index contributed by atoms with van der Waals surface area (Å²) in [7, 11) is 0. The third-order valence-electron chi connectivity index (χ3n) is 4.58. The zero-order valence-corrected chi connectivity index (χ0v) is 18.6. The van der Waals surface area contributed by atoms with E-state index >= 15 is 0 Å². The fourth-order valence-electron chi connectivity index (χ4n) is 2.76. The van der Waals surface area contributed by atoms with Crippen LogP contribution in [0.1, 0.15) is 29.7 Å². The third-order valence-corrected chi connectivity index (χ3v) is 6.07.